The molecule has 0 spiro atoms. The molecule has 1 aromatic carbocycles. The van der Waals surface area contributed by atoms with Crippen LogP contribution in [0.4, 0.5) is 24.5 Å². The molecule has 0 unspecified atom stereocenters. The molecule has 4 nitrogen and oxygen atoms in total. The van der Waals surface area contributed by atoms with Gasteiger partial charge in [-0.05, 0) is 42.5 Å². The van der Waals surface area contributed by atoms with Crippen LogP contribution in [0.2, 0.25) is 0 Å². The normalized spacial score (nSPS) is 14.2. The number of amides is 2. The van der Waals surface area contributed by atoms with E-state index in [4.69, 9.17) is 0 Å². The van der Waals surface area contributed by atoms with Crippen LogP contribution in [0.3, 0.4) is 0 Å². The van der Waals surface area contributed by atoms with Gasteiger partial charge in [0.25, 0.3) is 0 Å². The van der Waals surface area contributed by atoms with E-state index in [0.717, 1.165) is 29.9 Å². The lowest BCUT2D eigenvalue weighted by Gasteiger charge is -2.15. The van der Waals surface area contributed by atoms with Crippen LogP contribution in [0.15, 0.2) is 35.7 Å². The first-order valence-electron chi connectivity index (χ1n) is 7.67. The monoisotopic (exact) mass is 368 g/mol. The molecule has 0 radical (unpaired) electrons. The van der Waals surface area contributed by atoms with Gasteiger partial charge in [-0.3, -0.25) is 9.59 Å². The Morgan fingerprint density at radius 1 is 1.16 bits per heavy atom. The minimum absolute atomic E-state index is 0.00906. The summed E-state index contributed by atoms with van der Waals surface area (Å²) in [5.41, 5.74) is -1.24. The summed E-state index contributed by atoms with van der Waals surface area (Å²) < 4.78 is 39.9. The summed E-state index contributed by atoms with van der Waals surface area (Å²) >= 11 is 1.36. The Morgan fingerprint density at radius 2 is 1.92 bits per heavy atom. The van der Waals surface area contributed by atoms with Gasteiger partial charge in [0, 0.05) is 16.5 Å². The molecule has 132 valence electrons. The zero-order valence-electron chi connectivity index (χ0n) is 13.0. The number of alkyl halides is 3. The van der Waals surface area contributed by atoms with E-state index in [1.165, 1.54) is 17.4 Å². The number of hydrogen-bond acceptors (Lipinski definition) is 3. The zero-order chi connectivity index (χ0) is 18.0. The van der Waals surface area contributed by atoms with Crippen LogP contribution in [0, 0.1) is 5.92 Å². The third-order valence-electron chi connectivity index (χ3n) is 3.73. The van der Waals surface area contributed by atoms with Crippen LogP contribution >= 0.6 is 11.3 Å². The number of hydrogen-bond donors (Lipinski definition) is 2. The molecule has 1 fully saturated rings. The Balaban J connectivity index is 1.77. The standard InChI is InChI=1S/C17H15F3N2O2S/c18-17(19,20)13-8-11(21-16(24)10-3-4-10)5-6-14(13)22-15(23)9-12-2-1-7-25-12/h1-2,5-8,10H,3-4,9H2,(H,21,24)(H,22,23). The van der Waals surface area contributed by atoms with E-state index in [-0.39, 0.29) is 29.6 Å². The molecule has 2 N–H and O–H groups in total. The Morgan fingerprint density at radius 3 is 2.52 bits per heavy atom. The SMILES string of the molecule is O=C(Cc1cccs1)Nc1ccc(NC(=O)C2CC2)cc1C(F)(F)F. The molecular weight excluding hydrogens is 353 g/mol. The first kappa shape index (κ1) is 17.5. The maximum absolute atomic E-state index is 13.3. The van der Waals surface area contributed by atoms with E-state index in [1.807, 2.05) is 0 Å². The quantitative estimate of drug-likeness (QED) is 0.827. The largest absolute Gasteiger partial charge is 0.418 e. The van der Waals surface area contributed by atoms with Gasteiger partial charge in [0.1, 0.15) is 0 Å². The van der Waals surface area contributed by atoms with Crippen molar-refractivity contribution in [3.8, 4) is 0 Å². The number of nitrogens with one attached hydrogen (secondary N) is 2. The highest BCUT2D eigenvalue weighted by Crippen LogP contribution is 2.37. The van der Waals surface area contributed by atoms with Crippen molar-refractivity contribution in [1.82, 2.24) is 0 Å². The number of benzene rings is 1. The summed E-state index contributed by atoms with van der Waals surface area (Å²) in [6, 6.07) is 6.88. The molecule has 2 amide bonds. The minimum Gasteiger partial charge on any atom is -0.326 e. The average Bonchev–Trinajstić information content (AvgIpc) is 3.27. The van der Waals surface area contributed by atoms with Crippen molar-refractivity contribution in [3.05, 3.63) is 46.2 Å². The number of rotatable bonds is 5. The summed E-state index contributed by atoms with van der Waals surface area (Å²) in [6.45, 7) is 0. The van der Waals surface area contributed by atoms with Crippen LogP contribution in [0.1, 0.15) is 23.3 Å². The fraction of sp³-hybridized carbons (Fsp3) is 0.294. The van der Waals surface area contributed by atoms with Gasteiger partial charge in [-0.1, -0.05) is 6.07 Å². The smallest absolute Gasteiger partial charge is 0.326 e. The van der Waals surface area contributed by atoms with Crippen molar-refractivity contribution in [3.63, 3.8) is 0 Å². The molecule has 1 aromatic heterocycles. The molecule has 8 heteroatoms. The van der Waals surface area contributed by atoms with Crippen molar-refractivity contribution in [2.45, 2.75) is 25.4 Å². The van der Waals surface area contributed by atoms with E-state index in [9.17, 15) is 22.8 Å². The van der Waals surface area contributed by atoms with Crippen LogP contribution in [0.25, 0.3) is 0 Å². The van der Waals surface area contributed by atoms with E-state index in [1.54, 1.807) is 17.5 Å². The van der Waals surface area contributed by atoms with Crippen LogP contribution in [0.5, 0.6) is 0 Å². The molecule has 3 rings (SSSR count). The first-order chi connectivity index (χ1) is 11.8. The van der Waals surface area contributed by atoms with Gasteiger partial charge in [0.15, 0.2) is 0 Å². The number of halogens is 3. The first-order valence-corrected chi connectivity index (χ1v) is 8.55. The minimum atomic E-state index is -4.65. The Hall–Kier alpha value is -2.35. The van der Waals surface area contributed by atoms with E-state index in [2.05, 4.69) is 10.6 Å². The lowest BCUT2D eigenvalue weighted by atomic mass is 10.1. The number of anilines is 2. The lowest BCUT2D eigenvalue weighted by Crippen LogP contribution is -2.19. The van der Waals surface area contributed by atoms with Gasteiger partial charge in [-0.25, -0.2) is 0 Å². The number of carbonyl (C=O) groups is 2. The molecule has 2 aromatic rings. The summed E-state index contributed by atoms with van der Waals surface area (Å²) in [5, 5.41) is 6.58. The molecule has 0 bridgehead atoms. The van der Waals surface area contributed by atoms with Gasteiger partial charge >= 0.3 is 6.18 Å². The second-order valence-corrected chi connectivity index (χ2v) is 6.86. The predicted molar refractivity (Wildman–Crippen MR) is 89.5 cm³/mol. The topological polar surface area (TPSA) is 58.2 Å². The van der Waals surface area contributed by atoms with Crippen LogP contribution in [-0.4, -0.2) is 11.8 Å². The second kappa shape index (κ2) is 6.87. The molecule has 0 aliphatic heterocycles. The summed E-state index contributed by atoms with van der Waals surface area (Å²) in [6.07, 6.45) is -3.12. The highest BCUT2D eigenvalue weighted by atomic mass is 32.1. The molecule has 25 heavy (non-hydrogen) atoms. The summed E-state index contributed by atoms with van der Waals surface area (Å²) in [7, 11) is 0. The summed E-state index contributed by atoms with van der Waals surface area (Å²) in [4.78, 5) is 24.5. The Kier molecular flexibility index (Phi) is 4.80. The highest BCUT2D eigenvalue weighted by Gasteiger charge is 2.35. The van der Waals surface area contributed by atoms with Crippen molar-refractivity contribution in [2.75, 3.05) is 10.6 Å². The highest BCUT2D eigenvalue weighted by molar-refractivity contribution is 7.10. The van der Waals surface area contributed by atoms with Gasteiger partial charge < -0.3 is 10.6 Å². The van der Waals surface area contributed by atoms with E-state index >= 15 is 0 Å². The van der Waals surface area contributed by atoms with Gasteiger partial charge in [0.05, 0.1) is 17.7 Å². The molecule has 1 aliphatic rings. The number of thiophene rings is 1. The van der Waals surface area contributed by atoms with Crippen molar-refractivity contribution < 1.29 is 22.8 Å². The summed E-state index contributed by atoms with van der Waals surface area (Å²) in [5.74, 6) is -0.912. The van der Waals surface area contributed by atoms with Gasteiger partial charge in [0.2, 0.25) is 11.8 Å². The molecular formula is C17H15F3N2O2S. The maximum Gasteiger partial charge on any atom is 0.418 e. The van der Waals surface area contributed by atoms with E-state index in [0.29, 0.717) is 0 Å². The Labute approximate surface area is 146 Å². The zero-order valence-corrected chi connectivity index (χ0v) is 13.8. The molecule has 0 atom stereocenters. The molecule has 1 heterocycles. The maximum atomic E-state index is 13.3. The number of carbonyl (C=O) groups excluding carboxylic acids is 2. The van der Waals surface area contributed by atoms with Crippen molar-refractivity contribution in [2.24, 2.45) is 5.92 Å². The molecule has 1 saturated carbocycles. The van der Waals surface area contributed by atoms with Gasteiger partial charge in [-0.15, -0.1) is 11.3 Å². The van der Waals surface area contributed by atoms with Crippen LogP contribution in [-0.2, 0) is 22.2 Å². The lowest BCUT2D eigenvalue weighted by molar-refractivity contribution is -0.137. The average molecular weight is 368 g/mol. The fourth-order valence-electron chi connectivity index (χ4n) is 2.32. The predicted octanol–water partition coefficient (Wildman–Crippen LogP) is 4.30. The third-order valence-corrected chi connectivity index (χ3v) is 4.61. The van der Waals surface area contributed by atoms with Gasteiger partial charge in [-0.2, -0.15) is 13.2 Å². The molecule has 1 aliphatic carbocycles. The third kappa shape index (κ3) is 4.60. The van der Waals surface area contributed by atoms with Crippen molar-refractivity contribution >= 4 is 34.5 Å². The second-order valence-electron chi connectivity index (χ2n) is 5.83. The van der Waals surface area contributed by atoms with Crippen molar-refractivity contribution in [1.29, 1.82) is 0 Å². The molecule has 0 saturated heterocycles. The Bertz CT molecular complexity index is 784. The van der Waals surface area contributed by atoms with E-state index < -0.39 is 17.6 Å². The fourth-order valence-corrected chi connectivity index (χ4v) is 3.02. The van der Waals surface area contributed by atoms with Crippen LogP contribution < -0.4 is 10.6 Å².